The second-order valence-corrected chi connectivity index (χ2v) is 5.01. The van der Waals surface area contributed by atoms with Gasteiger partial charge in [0.05, 0.1) is 12.5 Å². The van der Waals surface area contributed by atoms with Gasteiger partial charge >= 0.3 is 5.97 Å². The summed E-state index contributed by atoms with van der Waals surface area (Å²) in [7, 11) is 0. The molecule has 0 aromatic heterocycles. The lowest BCUT2D eigenvalue weighted by molar-refractivity contribution is -0.147. The maximum atomic E-state index is 12.1. The zero-order valence-corrected chi connectivity index (χ0v) is 12.2. The van der Waals surface area contributed by atoms with Gasteiger partial charge in [-0.15, -0.1) is 0 Å². The number of phenolic OH excluding ortho intramolecular Hbond substituents is 1. The van der Waals surface area contributed by atoms with Crippen molar-refractivity contribution in [2.24, 2.45) is 5.92 Å². The molecule has 0 spiro atoms. The van der Waals surface area contributed by atoms with Crippen molar-refractivity contribution >= 4 is 5.97 Å². The van der Waals surface area contributed by atoms with Gasteiger partial charge in [0, 0.05) is 0 Å². The number of hydrogen-bond acceptors (Lipinski definition) is 3. The number of carbonyl (C=O) groups is 1. The average molecular weight is 284 g/mol. The molecule has 21 heavy (non-hydrogen) atoms. The molecule has 0 heterocycles. The molecule has 0 radical (unpaired) electrons. The molecule has 0 aliphatic carbocycles. The van der Waals surface area contributed by atoms with E-state index >= 15 is 0 Å². The van der Waals surface area contributed by atoms with Crippen LogP contribution in [0.15, 0.2) is 54.6 Å². The van der Waals surface area contributed by atoms with Crippen LogP contribution in [0.5, 0.6) is 5.75 Å². The normalized spacial score (nSPS) is 11.9. The molecule has 0 aliphatic heterocycles. The summed E-state index contributed by atoms with van der Waals surface area (Å²) in [6.07, 6.45) is 1.26. The lowest BCUT2D eigenvalue weighted by Crippen LogP contribution is -2.22. The van der Waals surface area contributed by atoms with Gasteiger partial charge in [-0.2, -0.15) is 0 Å². The Balaban J connectivity index is 2.11. The molecule has 0 aliphatic rings. The molecule has 0 saturated carbocycles. The number of rotatable bonds is 6. The Labute approximate surface area is 125 Å². The van der Waals surface area contributed by atoms with E-state index in [0.717, 1.165) is 11.1 Å². The number of phenols is 1. The fourth-order valence-corrected chi connectivity index (χ4v) is 2.31. The zero-order valence-electron chi connectivity index (χ0n) is 12.2. The van der Waals surface area contributed by atoms with E-state index < -0.39 is 0 Å². The van der Waals surface area contributed by atoms with Crippen molar-refractivity contribution in [1.29, 1.82) is 0 Å². The minimum absolute atomic E-state index is 0.172. The Bertz CT molecular complexity index is 561. The maximum absolute atomic E-state index is 12.1. The standard InChI is InChI=1S/C18H20O3/c1-2-21-18(20)16(12-14-6-4-3-5-7-14)13-15-8-10-17(19)11-9-15/h3-11,16,19H,2,12-13H2,1H3. The molecular weight excluding hydrogens is 264 g/mol. The maximum Gasteiger partial charge on any atom is 0.309 e. The first-order chi connectivity index (χ1) is 10.2. The molecule has 2 aromatic rings. The number of hydrogen-bond donors (Lipinski definition) is 1. The molecule has 1 atom stereocenters. The van der Waals surface area contributed by atoms with E-state index in [4.69, 9.17) is 4.74 Å². The summed E-state index contributed by atoms with van der Waals surface area (Å²) in [5, 5.41) is 9.33. The van der Waals surface area contributed by atoms with Gasteiger partial charge < -0.3 is 9.84 Å². The highest BCUT2D eigenvalue weighted by Crippen LogP contribution is 2.18. The summed E-state index contributed by atoms with van der Waals surface area (Å²) < 4.78 is 5.18. The van der Waals surface area contributed by atoms with Gasteiger partial charge in [-0.25, -0.2) is 0 Å². The molecule has 3 nitrogen and oxygen atoms in total. The molecule has 2 rings (SSSR count). The summed E-state index contributed by atoms with van der Waals surface area (Å²) in [5.74, 6) is -0.152. The molecule has 0 bridgehead atoms. The van der Waals surface area contributed by atoms with E-state index in [1.807, 2.05) is 49.4 Å². The number of carbonyl (C=O) groups excluding carboxylic acids is 1. The van der Waals surface area contributed by atoms with Crippen LogP contribution >= 0.6 is 0 Å². The second kappa shape index (κ2) is 7.48. The molecule has 0 saturated heterocycles. The first kappa shape index (κ1) is 15.1. The topological polar surface area (TPSA) is 46.5 Å². The highest BCUT2D eigenvalue weighted by molar-refractivity contribution is 5.73. The quantitative estimate of drug-likeness (QED) is 0.827. The second-order valence-electron chi connectivity index (χ2n) is 5.01. The van der Waals surface area contributed by atoms with Crippen LogP contribution in [0.4, 0.5) is 0 Å². The summed E-state index contributed by atoms with van der Waals surface area (Å²) in [6, 6.07) is 16.9. The average Bonchev–Trinajstić information content (AvgIpc) is 2.50. The predicted molar refractivity (Wildman–Crippen MR) is 82.1 cm³/mol. The molecule has 3 heteroatoms. The third-order valence-corrected chi connectivity index (χ3v) is 3.36. The van der Waals surface area contributed by atoms with Gasteiger partial charge in [0.15, 0.2) is 0 Å². The van der Waals surface area contributed by atoms with Crippen molar-refractivity contribution in [3.05, 3.63) is 65.7 Å². The van der Waals surface area contributed by atoms with Crippen LogP contribution in [0, 0.1) is 5.92 Å². The smallest absolute Gasteiger partial charge is 0.309 e. The number of ether oxygens (including phenoxy) is 1. The third kappa shape index (κ3) is 4.63. The largest absolute Gasteiger partial charge is 0.508 e. The fourth-order valence-electron chi connectivity index (χ4n) is 2.31. The van der Waals surface area contributed by atoms with Crippen molar-refractivity contribution < 1.29 is 14.6 Å². The van der Waals surface area contributed by atoms with E-state index in [-0.39, 0.29) is 17.6 Å². The molecule has 0 amide bonds. The van der Waals surface area contributed by atoms with Gasteiger partial charge in [-0.3, -0.25) is 4.79 Å². The molecule has 2 aromatic carbocycles. The third-order valence-electron chi connectivity index (χ3n) is 3.36. The van der Waals surface area contributed by atoms with Crippen molar-refractivity contribution in [3.63, 3.8) is 0 Å². The van der Waals surface area contributed by atoms with Crippen LogP contribution in [0.25, 0.3) is 0 Å². The predicted octanol–water partition coefficient (Wildman–Crippen LogP) is 3.36. The molecule has 1 unspecified atom stereocenters. The van der Waals surface area contributed by atoms with Crippen LogP contribution in [-0.2, 0) is 22.4 Å². The fraction of sp³-hybridized carbons (Fsp3) is 0.278. The molecular formula is C18H20O3. The van der Waals surface area contributed by atoms with E-state index in [1.54, 1.807) is 12.1 Å². The zero-order chi connectivity index (χ0) is 15.1. The van der Waals surface area contributed by atoms with E-state index in [2.05, 4.69) is 0 Å². The molecule has 1 N–H and O–H groups in total. The van der Waals surface area contributed by atoms with Crippen molar-refractivity contribution in [3.8, 4) is 5.75 Å². The Morgan fingerprint density at radius 2 is 1.57 bits per heavy atom. The van der Waals surface area contributed by atoms with E-state index in [1.165, 1.54) is 0 Å². The van der Waals surface area contributed by atoms with Gasteiger partial charge in [-0.1, -0.05) is 42.5 Å². The van der Waals surface area contributed by atoms with Crippen LogP contribution in [0.1, 0.15) is 18.1 Å². The van der Waals surface area contributed by atoms with Gasteiger partial charge in [0.2, 0.25) is 0 Å². The number of aromatic hydroxyl groups is 1. The lowest BCUT2D eigenvalue weighted by Gasteiger charge is -2.16. The summed E-state index contributed by atoms with van der Waals surface area (Å²) in [6.45, 7) is 2.21. The Hall–Kier alpha value is -2.29. The van der Waals surface area contributed by atoms with Gasteiger partial charge in [0.25, 0.3) is 0 Å². The monoisotopic (exact) mass is 284 g/mol. The van der Waals surface area contributed by atoms with Crippen LogP contribution in [-0.4, -0.2) is 17.7 Å². The summed E-state index contributed by atoms with van der Waals surface area (Å²) >= 11 is 0. The minimum Gasteiger partial charge on any atom is -0.508 e. The highest BCUT2D eigenvalue weighted by Gasteiger charge is 2.20. The number of benzene rings is 2. The Morgan fingerprint density at radius 1 is 1.00 bits per heavy atom. The SMILES string of the molecule is CCOC(=O)C(Cc1ccccc1)Cc1ccc(O)cc1. The van der Waals surface area contributed by atoms with E-state index in [0.29, 0.717) is 19.4 Å². The Morgan fingerprint density at radius 3 is 2.14 bits per heavy atom. The van der Waals surface area contributed by atoms with E-state index in [9.17, 15) is 9.90 Å². The molecule has 0 fully saturated rings. The lowest BCUT2D eigenvalue weighted by atomic mass is 9.92. The van der Waals surface area contributed by atoms with Crippen molar-refractivity contribution in [2.75, 3.05) is 6.61 Å². The first-order valence-electron chi connectivity index (χ1n) is 7.17. The van der Waals surface area contributed by atoms with Gasteiger partial charge in [-0.05, 0) is 43.0 Å². The number of esters is 1. The van der Waals surface area contributed by atoms with Crippen LogP contribution in [0.3, 0.4) is 0 Å². The Kier molecular flexibility index (Phi) is 5.38. The van der Waals surface area contributed by atoms with Crippen molar-refractivity contribution in [2.45, 2.75) is 19.8 Å². The summed E-state index contributed by atoms with van der Waals surface area (Å²) in [4.78, 5) is 12.1. The van der Waals surface area contributed by atoms with Gasteiger partial charge in [0.1, 0.15) is 5.75 Å². The van der Waals surface area contributed by atoms with Crippen molar-refractivity contribution in [1.82, 2.24) is 0 Å². The van der Waals surface area contributed by atoms with Crippen LogP contribution < -0.4 is 0 Å². The molecule has 110 valence electrons. The summed E-state index contributed by atoms with van der Waals surface area (Å²) in [5.41, 5.74) is 2.14. The highest BCUT2D eigenvalue weighted by atomic mass is 16.5. The van der Waals surface area contributed by atoms with Crippen LogP contribution in [0.2, 0.25) is 0 Å². The first-order valence-corrected chi connectivity index (χ1v) is 7.17. The minimum atomic E-state index is -0.211.